The summed E-state index contributed by atoms with van der Waals surface area (Å²) in [6.07, 6.45) is -0.644. The number of amides is 1. The van der Waals surface area contributed by atoms with Gasteiger partial charge in [-0.3, -0.25) is 4.79 Å². The van der Waals surface area contributed by atoms with Crippen LogP contribution in [0.1, 0.15) is 19.4 Å². The zero-order chi connectivity index (χ0) is 11.3. The van der Waals surface area contributed by atoms with Crippen molar-refractivity contribution >= 4 is 11.6 Å². The second-order valence-electron chi connectivity index (χ2n) is 3.21. The van der Waals surface area contributed by atoms with Gasteiger partial charge in [0, 0.05) is 18.2 Å². The van der Waals surface area contributed by atoms with Crippen LogP contribution in [0.3, 0.4) is 0 Å². The van der Waals surface area contributed by atoms with Crippen LogP contribution >= 0.6 is 0 Å². The number of aliphatic hydroxyl groups excluding tert-OH is 1. The third-order valence-electron chi connectivity index (χ3n) is 1.61. The van der Waals surface area contributed by atoms with Crippen molar-refractivity contribution in [3.8, 4) is 11.8 Å². The topological polar surface area (TPSA) is 49.3 Å². The first-order valence-electron chi connectivity index (χ1n) is 4.65. The number of carbonyl (C=O) groups is 1. The van der Waals surface area contributed by atoms with Crippen molar-refractivity contribution in [2.75, 3.05) is 5.32 Å². The lowest BCUT2D eigenvalue weighted by Crippen LogP contribution is -2.05. The Morgan fingerprint density at radius 1 is 1.53 bits per heavy atom. The highest BCUT2D eigenvalue weighted by atomic mass is 16.3. The molecule has 1 unspecified atom stereocenters. The van der Waals surface area contributed by atoms with Crippen LogP contribution in [0.15, 0.2) is 24.3 Å². The minimum Gasteiger partial charge on any atom is -0.381 e. The molecule has 0 saturated heterocycles. The van der Waals surface area contributed by atoms with Gasteiger partial charge in [0.2, 0.25) is 5.91 Å². The SMILES string of the molecule is CC(=O)Nc1cccc(C#CC(C)O)c1. The summed E-state index contributed by atoms with van der Waals surface area (Å²) in [5.41, 5.74) is 1.47. The predicted octanol–water partition coefficient (Wildman–Crippen LogP) is 1.38. The molecule has 1 amide bonds. The smallest absolute Gasteiger partial charge is 0.221 e. The molecular weight excluding hydrogens is 190 g/mol. The summed E-state index contributed by atoms with van der Waals surface area (Å²) in [5, 5.41) is 11.6. The number of aliphatic hydroxyl groups is 1. The number of hydrogen-bond donors (Lipinski definition) is 2. The van der Waals surface area contributed by atoms with Crippen molar-refractivity contribution in [1.29, 1.82) is 0 Å². The fourth-order valence-corrected chi connectivity index (χ4v) is 1.07. The van der Waals surface area contributed by atoms with Gasteiger partial charge in [-0.15, -0.1) is 0 Å². The summed E-state index contributed by atoms with van der Waals surface area (Å²) in [6, 6.07) is 7.17. The van der Waals surface area contributed by atoms with Crippen molar-refractivity contribution in [2.45, 2.75) is 20.0 Å². The van der Waals surface area contributed by atoms with Crippen LogP contribution < -0.4 is 5.32 Å². The van der Waals surface area contributed by atoms with E-state index in [0.717, 1.165) is 5.56 Å². The molecule has 0 saturated carbocycles. The molecule has 0 aromatic heterocycles. The Morgan fingerprint density at radius 3 is 2.87 bits per heavy atom. The van der Waals surface area contributed by atoms with E-state index in [1.165, 1.54) is 6.92 Å². The third-order valence-corrected chi connectivity index (χ3v) is 1.61. The predicted molar refractivity (Wildman–Crippen MR) is 59.3 cm³/mol. The molecule has 0 spiro atoms. The number of nitrogens with one attached hydrogen (secondary N) is 1. The van der Waals surface area contributed by atoms with Gasteiger partial charge < -0.3 is 10.4 Å². The van der Waals surface area contributed by atoms with Crippen LogP contribution in [0.25, 0.3) is 0 Å². The summed E-state index contributed by atoms with van der Waals surface area (Å²) in [6.45, 7) is 3.05. The molecule has 0 radical (unpaired) electrons. The van der Waals surface area contributed by atoms with Crippen LogP contribution in [0.5, 0.6) is 0 Å². The molecule has 78 valence electrons. The summed E-state index contributed by atoms with van der Waals surface area (Å²) < 4.78 is 0. The largest absolute Gasteiger partial charge is 0.381 e. The Bertz CT molecular complexity index is 413. The van der Waals surface area contributed by atoms with Crippen LogP contribution in [-0.2, 0) is 4.79 Å². The lowest BCUT2D eigenvalue weighted by atomic mass is 10.2. The van der Waals surface area contributed by atoms with E-state index in [0.29, 0.717) is 5.69 Å². The van der Waals surface area contributed by atoms with Crippen molar-refractivity contribution in [2.24, 2.45) is 0 Å². The van der Waals surface area contributed by atoms with Gasteiger partial charge in [0.25, 0.3) is 0 Å². The first-order valence-corrected chi connectivity index (χ1v) is 4.65. The molecule has 3 nitrogen and oxygen atoms in total. The van der Waals surface area contributed by atoms with Crippen molar-refractivity contribution in [3.63, 3.8) is 0 Å². The second-order valence-corrected chi connectivity index (χ2v) is 3.21. The van der Waals surface area contributed by atoms with Crippen molar-refractivity contribution in [1.82, 2.24) is 0 Å². The highest BCUT2D eigenvalue weighted by Crippen LogP contribution is 2.09. The average Bonchev–Trinajstić information content (AvgIpc) is 2.14. The van der Waals surface area contributed by atoms with Crippen LogP contribution in [0.4, 0.5) is 5.69 Å². The Labute approximate surface area is 89.1 Å². The van der Waals surface area contributed by atoms with E-state index in [2.05, 4.69) is 17.2 Å². The van der Waals surface area contributed by atoms with E-state index < -0.39 is 6.10 Å². The zero-order valence-corrected chi connectivity index (χ0v) is 8.74. The molecule has 0 heterocycles. The van der Waals surface area contributed by atoms with Crippen LogP contribution in [0.2, 0.25) is 0 Å². The monoisotopic (exact) mass is 203 g/mol. The average molecular weight is 203 g/mol. The maximum Gasteiger partial charge on any atom is 0.221 e. The number of hydrogen-bond acceptors (Lipinski definition) is 2. The molecule has 0 bridgehead atoms. The van der Waals surface area contributed by atoms with Crippen molar-refractivity contribution in [3.05, 3.63) is 29.8 Å². The van der Waals surface area contributed by atoms with Gasteiger partial charge in [-0.05, 0) is 25.1 Å². The molecule has 1 atom stereocenters. The molecule has 0 fully saturated rings. The second kappa shape index (κ2) is 5.18. The number of anilines is 1. The molecule has 0 aliphatic heterocycles. The van der Waals surface area contributed by atoms with Crippen LogP contribution in [-0.4, -0.2) is 17.1 Å². The summed E-state index contributed by atoms with van der Waals surface area (Å²) in [7, 11) is 0. The first kappa shape index (κ1) is 11.3. The highest BCUT2D eigenvalue weighted by molar-refractivity contribution is 5.88. The van der Waals surface area contributed by atoms with Gasteiger partial charge in [0.05, 0.1) is 0 Å². The molecule has 0 aliphatic carbocycles. The fourth-order valence-electron chi connectivity index (χ4n) is 1.07. The minimum atomic E-state index is -0.644. The molecular formula is C12H13NO2. The summed E-state index contributed by atoms with van der Waals surface area (Å²) in [5.74, 6) is 5.33. The van der Waals surface area contributed by atoms with Gasteiger partial charge in [-0.25, -0.2) is 0 Å². The third kappa shape index (κ3) is 4.30. The molecule has 3 heteroatoms. The molecule has 15 heavy (non-hydrogen) atoms. The maximum absolute atomic E-state index is 10.8. The number of carbonyl (C=O) groups excluding carboxylic acids is 1. The normalized spacial score (nSPS) is 11.1. The number of rotatable bonds is 1. The molecule has 1 aromatic rings. The Hall–Kier alpha value is -1.79. The quantitative estimate of drug-likeness (QED) is 0.677. The molecule has 0 aliphatic rings. The Kier molecular flexibility index (Phi) is 3.90. The Morgan fingerprint density at radius 2 is 2.27 bits per heavy atom. The fraction of sp³-hybridized carbons (Fsp3) is 0.250. The van der Waals surface area contributed by atoms with Gasteiger partial charge in [0.15, 0.2) is 0 Å². The summed E-state index contributed by atoms with van der Waals surface area (Å²) >= 11 is 0. The van der Waals surface area contributed by atoms with E-state index in [-0.39, 0.29) is 5.91 Å². The van der Waals surface area contributed by atoms with E-state index in [4.69, 9.17) is 5.11 Å². The molecule has 1 rings (SSSR count). The highest BCUT2D eigenvalue weighted by Gasteiger charge is 1.95. The van der Waals surface area contributed by atoms with Gasteiger partial charge >= 0.3 is 0 Å². The van der Waals surface area contributed by atoms with Gasteiger partial charge in [-0.2, -0.15) is 0 Å². The first-order chi connectivity index (χ1) is 7.08. The maximum atomic E-state index is 10.8. The number of benzene rings is 1. The summed E-state index contributed by atoms with van der Waals surface area (Å²) in [4.78, 5) is 10.8. The van der Waals surface area contributed by atoms with Crippen LogP contribution in [0, 0.1) is 11.8 Å². The lowest BCUT2D eigenvalue weighted by Gasteiger charge is -2.01. The molecule has 2 N–H and O–H groups in total. The lowest BCUT2D eigenvalue weighted by molar-refractivity contribution is -0.114. The van der Waals surface area contributed by atoms with E-state index >= 15 is 0 Å². The van der Waals surface area contributed by atoms with E-state index in [1.807, 2.05) is 6.07 Å². The van der Waals surface area contributed by atoms with Gasteiger partial charge in [-0.1, -0.05) is 17.9 Å². The van der Waals surface area contributed by atoms with Crippen molar-refractivity contribution < 1.29 is 9.90 Å². The van der Waals surface area contributed by atoms with E-state index in [1.54, 1.807) is 25.1 Å². The Balaban J connectivity index is 2.84. The zero-order valence-electron chi connectivity index (χ0n) is 8.74. The molecule has 1 aromatic carbocycles. The standard InChI is InChI=1S/C12H13NO2/c1-9(14)6-7-11-4-3-5-12(8-11)13-10(2)15/h3-5,8-9,14H,1-2H3,(H,13,15). The van der Waals surface area contributed by atoms with E-state index in [9.17, 15) is 4.79 Å². The minimum absolute atomic E-state index is 0.115. The van der Waals surface area contributed by atoms with Gasteiger partial charge in [0.1, 0.15) is 6.10 Å².